The van der Waals surface area contributed by atoms with E-state index in [-0.39, 0.29) is 49.2 Å². The lowest BCUT2D eigenvalue weighted by molar-refractivity contribution is 0.0480. The second-order valence-electron chi connectivity index (χ2n) is 7.77. The average Bonchev–Trinajstić information content (AvgIpc) is 3.40. The van der Waals surface area contributed by atoms with E-state index in [0.717, 1.165) is 16.8 Å². The molecule has 4 rings (SSSR count). The van der Waals surface area contributed by atoms with Crippen LogP contribution in [-0.4, -0.2) is 58.9 Å². The second kappa shape index (κ2) is 10.9. The number of pyridine rings is 1. The number of aromatic hydroxyl groups is 1. The number of esters is 1. The maximum Gasteiger partial charge on any atom is 0.347 e. The first kappa shape index (κ1) is 24.0. The molecule has 10 nitrogen and oxygen atoms in total. The molecule has 0 aliphatic carbocycles. The molecule has 0 saturated carbocycles. The Labute approximate surface area is 201 Å². The van der Waals surface area contributed by atoms with Gasteiger partial charge in [-0.15, -0.1) is 0 Å². The van der Waals surface area contributed by atoms with Crippen LogP contribution in [0, 0.1) is 6.92 Å². The van der Waals surface area contributed by atoms with E-state index in [1.165, 1.54) is 0 Å². The number of aliphatic hydroxyl groups is 2. The molecule has 10 heteroatoms. The van der Waals surface area contributed by atoms with E-state index in [2.05, 4.69) is 20.6 Å². The second-order valence-corrected chi connectivity index (χ2v) is 7.77. The number of nitrogens with one attached hydrogen (secondary N) is 2. The predicted octanol–water partition coefficient (Wildman–Crippen LogP) is 3.63. The smallest absolute Gasteiger partial charge is 0.347 e. The summed E-state index contributed by atoms with van der Waals surface area (Å²) in [6, 6.07) is 9.11. The van der Waals surface area contributed by atoms with E-state index in [1.54, 1.807) is 30.6 Å². The number of hydrogen-bond donors (Lipinski definition) is 5. The SMILES string of the molecule is Cc1cc(NCCO)ccc1Nc1oc(C=C2C=Nc3ncccc32)c(O)c1C(=O)OCCCO. The number of carbonyl (C=O) groups excluding carboxylic acids is 1. The van der Waals surface area contributed by atoms with Crippen LogP contribution in [0.25, 0.3) is 11.6 Å². The lowest BCUT2D eigenvalue weighted by atomic mass is 10.1. The van der Waals surface area contributed by atoms with Gasteiger partial charge in [-0.25, -0.2) is 14.8 Å². The minimum atomic E-state index is -0.784. The minimum Gasteiger partial charge on any atom is -0.504 e. The molecule has 0 saturated heterocycles. The van der Waals surface area contributed by atoms with Crippen LogP contribution in [0.5, 0.6) is 5.75 Å². The molecule has 0 amide bonds. The molecule has 2 aromatic heterocycles. The van der Waals surface area contributed by atoms with Gasteiger partial charge in [0.1, 0.15) is 0 Å². The highest BCUT2D eigenvalue weighted by molar-refractivity contribution is 6.21. The summed E-state index contributed by atoms with van der Waals surface area (Å²) in [5.41, 5.74) is 3.59. The molecule has 5 N–H and O–H groups in total. The summed E-state index contributed by atoms with van der Waals surface area (Å²) in [6.07, 6.45) is 5.09. The van der Waals surface area contributed by atoms with Crippen LogP contribution in [0.3, 0.4) is 0 Å². The zero-order valence-electron chi connectivity index (χ0n) is 19.1. The summed E-state index contributed by atoms with van der Waals surface area (Å²) in [5.74, 6) is -0.536. The topological polar surface area (TPSA) is 149 Å². The number of hydrogen-bond acceptors (Lipinski definition) is 10. The molecular weight excluding hydrogens is 452 g/mol. The van der Waals surface area contributed by atoms with Crippen LogP contribution >= 0.6 is 0 Å². The number of aliphatic imine (C=N–C) groups is 1. The lowest BCUT2D eigenvalue weighted by Gasteiger charge is -2.11. The first-order valence-corrected chi connectivity index (χ1v) is 11.1. The lowest BCUT2D eigenvalue weighted by Crippen LogP contribution is -2.09. The van der Waals surface area contributed by atoms with Crippen molar-refractivity contribution in [2.24, 2.45) is 4.99 Å². The van der Waals surface area contributed by atoms with Gasteiger partial charge in [0, 0.05) is 54.5 Å². The molecular formula is C25H26N4O6. The average molecular weight is 479 g/mol. The molecule has 1 aliphatic heterocycles. The Kier molecular flexibility index (Phi) is 7.44. The number of anilines is 3. The number of fused-ring (bicyclic) bond motifs is 1. The highest BCUT2D eigenvalue weighted by atomic mass is 16.5. The van der Waals surface area contributed by atoms with E-state index >= 15 is 0 Å². The van der Waals surface area contributed by atoms with E-state index in [4.69, 9.17) is 19.4 Å². The molecule has 1 aliphatic rings. The number of carbonyl (C=O) groups is 1. The molecule has 0 fully saturated rings. The van der Waals surface area contributed by atoms with Crippen molar-refractivity contribution in [3.63, 3.8) is 0 Å². The number of ether oxygens (including phenoxy) is 1. The van der Waals surface area contributed by atoms with Crippen LogP contribution in [0.1, 0.15) is 33.7 Å². The van der Waals surface area contributed by atoms with Crippen LogP contribution in [0.4, 0.5) is 23.1 Å². The van der Waals surface area contributed by atoms with Crippen molar-refractivity contribution in [2.75, 3.05) is 37.0 Å². The van der Waals surface area contributed by atoms with Gasteiger partial charge in [0.05, 0.1) is 13.2 Å². The number of nitrogens with zero attached hydrogens (tertiary/aromatic N) is 2. The Hall–Kier alpha value is -4.15. The van der Waals surface area contributed by atoms with Gasteiger partial charge in [-0.05, 0) is 48.9 Å². The van der Waals surface area contributed by atoms with Gasteiger partial charge in [-0.2, -0.15) is 0 Å². The molecule has 3 aromatic rings. The van der Waals surface area contributed by atoms with E-state index < -0.39 is 5.97 Å². The Balaban J connectivity index is 1.69. The van der Waals surface area contributed by atoms with Crippen molar-refractivity contribution >= 4 is 46.9 Å². The predicted molar refractivity (Wildman–Crippen MR) is 133 cm³/mol. The van der Waals surface area contributed by atoms with Gasteiger partial charge in [-0.3, -0.25) is 0 Å². The molecule has 0 radical (unpaired) electrons. The molecule has 0 unspecified atom stereocenters. The molecule has 182 valence electrons. The number of furan rings is 1. The van der Waals surface area contributed by atoms with Gasteiger partial charge in [0.2, 0.25) is 5.88 Å². The molecule has 0 bridgehead atoms. The first-order chi connectivity index (χ1) is 17.0. The summed E-state index contributed by atoms with van der Waals surface area (Å²) >= 11 is 0. The van der Waals surface area contributed by atoms with Crippen molar-refractivity contribution in [3.8, 4) is 5.75 Å². The number of benzene rings is 1. The number of aliphatic hydroxyl groups excluding tert-OH is 2. The Morgan fingerprint density at radius 1 is 1.23 bits per heavy atom. The number of rotatable bonds is 10. The fourth-order valence-corrected chi connectivity index (χ4v) is 3.53. The Morgan fingerprint density at radius 2 is 2.09 bits per heavy atom. The third-order valence-corrected chi connectivity index (χ3v) is 5.27. The van der Waals surface area contributed by atoms with Crippen molar-refractivity contribution in [1.29, 1.82) is 0 Å². The summed E-state index contributed by atoms with van der Waals surface area (Å²) in [6.45, 7) is 2.16. The normalized spacial score (nSPS) is 13.2. The highest BCUT2D eigenvalue weighted by Gasteiger charge is 2.27. The molecule has 35 heavy (non-hydrogen) atoms. The molecule has 1 aromatic carbocycles. The van der Waals surface area contributed by atoms with Crippen molar-refractivity contribution < 1.29 is 29.3 Å². The molecule has 0 spiro atoms. The highest BCUT2D eigenvalue weighted by Crippen LogP contribution is 2.40. The van der Waals surface area contributed by atoms with E-state index in [9.17, 15) is 9.90 Å². The van der Waals surface area contributed by atoms with Crippen LogP contribution in [0.2, 0.25) is 0 Å². The van der Waals surface area contributed by atoms with Crippen molar-refractivity contribution in [1.82, 2.24) is 4.98 Å². The Bertz CT molecular complexity index is 1280. The first-order valence-electron chi connectivity index (χ1n) is 11.1. The third kappa shape index (κ3) is 5.34. The standard InChI is InChI=1S/C25H26N4O6/c1-15-12-17(26-8-10-31)5-6-19(15)29-24-21(25(33)34-11-3-9-30)22(32)20(35-24)13-16-14-28-23-18(16)4-2-7-27-23/h2,4-7,12-14,26,29-32H,3,8-11H2,1H3. The fraction of sp³-hybridized carbons (Fsp3) is 0.240. The van der Waals surface area contributed by atoms with E-state index in [1.807, 2.05) is 25.1 Å². The largest absolute Gasteiger partial charge is 0.504 e. The molecule has 3 heterocycles. The van der Waals surface area contributed by atoms with Crippen molar-refractivity contribution in [3.05, 3.63) is 59.0 Å². The van der Waals surface area contributed by atoms with Crippen LogP contribution < -0.4 is 10.6 Å². The number of aryl methyl sites for hydroxylation is 1. The quantitative estimate of drug-likeness (QED) is 0.217. The monoisotopic (exact) mass is 478 g/mol. The maximum absolute atomic E-state index is 12.8. The molecule has 0 atom stereocenters. The summed E-state index contributed by atoms with van der Waals surface area (Å²) < 4.78 is 11.1. The summed E-state index contributed by atoms with van der Waals surface area (Å²) in [7, 11) is 0. The number of aromatic nitrogens is 1. The van der Waals surface area contributed by atoms with Crippen LogP contribution in [-0.2, 0) is 4.74 Å². The third-order valence-electron chi connectivity index (χ3n) is 5.27. The van der Waals surface area contributed by atoms with Crippen LogP contribution in [0.15, 0.2) is 45.9 Å². The van der Waals surface area contributed by atoms with Gasteiger partial charge < -0.3 is 35.1 Å². The Morgan fingerprint density at radius 3 is 2.86 bits per heavy atom. The summed E-state index contributed by atoms with van der Waals surface area (Å²) in [4.78, 5) is 21.3. The zero-order chi connectivity index (χ0) is 24.8. The van der Waals surface area contributed by atoms with E-state index in [0.29, 0.717) is 23.6 Å². The zero-order valence-corrected chi connectivity index (χ0v) is 19.1. The number of allylic oxidation sites excluding steroid dienone is 1. The van der Waals surface area contributed by atoms with Crippen molar-refractivity contribution in [2.45, 2.75) is 13.3 Å². The fourth-order valence-electron chi connectivity index (χ4n) is 3.53. The maximum atomic E-state index is 12.8. The van der Waals surface area contributed by atoms with Gasteiger partial charge >= 0.3 is 5.97 Å². The van der Waals surface area contributed by atoms with Gasteiger partial charge in [0.15, 0.2) is 22.9 Å². The summed E-state index contributed by atoms with van der Waals surface area (Å²) in [5, 5.41) is 35.1. The van der Waals surface area contributed by atoms with Gasteiger partial charge in [0.25, 0.3) is 0 Å². The minimum absolute atomic E-state index is 0.00816. The van der Waals surface area contributed by atoms with Gasteiger partial charge in [-0.1, -0.05) is 0 Å².